The number of rotatable bonds is 13. The summed E-state index contributed by atoms with van der Waals surface area (Å²) in [6.07, 6.45) is 6.60. The molecule has 0 spiro atoms. The predicted octanol–water partition coefficient (Wildman–Crippen LogP) is 5.39. The van der Waals surface area contributed by atoms with E-state index in [1.54, 1.807) is 12.1 Å². The highest BCUT2D eigenvalue weighted by atomic mass is 32.1. The number of halogens is 1. The Bertz CT molecular complexity index is 795. The van der Waals surface area contributed by atoms with Crippen LogP contribution in [-0.2, 0) is 6.54 Å². The van der Waals surface area contributed by atoms with Crippen molar-refractivity contribution < 1.29 is 9.13 Å². The lowest BCUT2D eigenvalue weighted by Crippen LogP contribution is -2.36. The zero-order valence-electron chi connectivity index (χ0n) is 18.6. The van der Waals surface area contributed by atoms with Crippen LogP contribution in [0.1, 0.15) is 31.2 Å². The minimum Gasteiger partial charge on any atom is -0.494 e. The van der Waals surface area contributed by atoms with Crippen molar-refractivity contribution in [2.24, 2.45) is 0 Å². The number of nitrogens with zero attached hydrogens (tertiary/aromatic N) is 2. The third-order valence-corrected chi connectivity index (χ3v) is 5.45. The number of anilines is 1. The average molecular weight is 444 g/mol. The van der Waals surface area contributed by atoms with Crippen LogP contribution in [0.3, 0.4) is 0 Å². The molecule has 0 saturated carbocycles. The SMILES string of the molecule is C=CCN(C)CCCCCCOc1ccc(N(C)C(=S)NCc2ccc(F)cc2)cc1. The van der Waals surface area contributed by atoms with Gasteiger partial charge in [-0.15, -0.1) is 6.58 Å². The van der Waals surface area contributed by atoms with Gasteiger partial charge in [0.25, 0.3) is 0 Å². The quantitative estimate of drug-likeness (QED) is 0.254. The molecule has 6 heteroatoms. The zero-order valence-corrected chi connectivity index (χ0v) is 19.5. The number of unbranched alkanes of at least 4 members (excludes halogenated alkanes) is 3. The molecule has 0 fully saturated rings. The van der Waals surface area contributed by atoms with Gasteiger partial charge in [-0.25, -0.2) is 4.39 Å². The summed E-state index contributed by atoms with van der Waals surface area (Å²) >= 11 is 5.47. The normalized spacial score (nSPS) is 10.7. The van der Waals surface area contributed by atoms with Crippen molar-refractivity contribution in [1.82, 2.24) is 10.2 Å². The molecule has 0 radical (unpaired) electrons. The minimum absolute atomic E-state index is 0.238. The molecule has 0 bridgehead atoms. The van der Waals surface area contributed by atoms with E-state index in [2.05, 4.69) is 23.8 Å². The second kappa shape index (κ2) is 13.8. The maximum atomic E-state index is 13.0. The van der Waals surface area contributed by atoms with E-state index in [-0.39, 0.29) is 5.82 Å². The van der Waals surface area contributed by atoms with E-state index in [0.29, 0.717) is 11.7 Å². The van der Waals surface area contributed by atoms with Crippen LogP contribution >= 0.6 is 12.2 Å². The zero-order chi connectivity index (χ0) is 22.5. The Balaban J connectivity index is 1.65. The van der Waals surface area contributed by atoms with E-state index < -0.39 is 0 Å². The molecule has 4 nitrogen and oxygen atoms in total. The molecule has 0 saturated heterocycles. The molecule has 0 aromatic heterocycles. The fourth-order valence-electron chi connectivity index (χ4n) is 3.12. The van der Waals surface area contributed by atoms with Gasteiger partial charge in [-0.2, -0.15) is 0 Å². The summed E-state index contributed by atoms with van der Waals surface area (Å²) in [6.45, 7) is 7.11. The summed E-state index contributed by atoms with van der Waals surface area (Å²) in [5.41, 5.74) is 1.96. The van der Waals surface area contributed by atoms with E-state index in [1.807, 2.05) is 42.3 Å². The molecule has 168 valence electrons. The minimum atomic E-state index is -0.238. The van der Waals surface area contributed by atoms with E-state index in [1.165, 1.54) is 31.4 Å². The first-order valence-corrected chi connectivity index (χ1v) is 11.2. The van der Waals surface area contributed by atoms with Crippen molar-refractivity contribution in [3.05, 3.63) is 72.6 Å². The molecule has 0 amide bonds. The lowest BCUT2D eigenvalue weighted by Gasteiger charge is -2.21. The van der Waals surface area contributed by atoms with Crippen LogP contribution in [0.15, 0.2) is 61.2 Å². The Labute approximate surface area is 191 Å². The van der Waals surface area contributed by atoms with Crippen LogP contribution < -0.4 is 15.0 Å². The summed E-state index contributed by atoms with van der Waals surface area (Å²) in [7, 11) is 4.04. The molecule has 0 atom stereocenters. The van der Waals surface area contributed by atoms with Gasteiger partial charge in [-0.1, -0.05) is 31.1 Å². The molecule has 0 aliphatic rings. The topological polar surface area (TPSA) is 27.7 Å². The molecule has 31 heavy (non-hydrogen) atoms. The fraction of sp³-hybridized carbons (Fsp3) is 0.400. The van der Waals surface area contributed by atoms with Crippen LogP contribution in [0.5, 0.6) is 5.75 Å². The molecule has 2 aromatic rings. The van der Waals surface area contributed by atoms with Gasteiger partial charge < -0.3 is 19.9 Å². The first-order valence-electron chi connectivity index (χ1n) is 10.8. The van der Waals surface area contributed by atoms with Crippen molar-refractivity contribution in [3.63, 3.8) is 0 Å². The van der Waals surface area contributed by atoms with Crippen molar-refractivity contribution in [2.75, 3.05) is 38.7 Å². The molecule has 1 N–H and O–H groups in total. The molecule has 0 aliphatic carbocycles. The molecular formula is C25H34FN3OS. The molecule has 2 aromatic carbocycles. The fourth-order valence-corrected chi connectivity index (χ4v) is 3.30. The average Bonchev–Trinajstić information content (AvgIpc) is 2.78. The summed E-state index contributed by atoms with van der Waals surface area (Å²) in [5, 5.41) is 3.81. The van der Waals surface area contributed by atoms with Gasteiger partial charge in [0, 0.05) is 25.8 Å². The van der Waals surface area contributed by atoms with Crippen LogP contribution in [-0.4, -0.2) is 43.8 Å². The monoisotopic (exact) mass is 443 g/mol. The van der Waals surface area contributed by atoms with E-state index in [9.17, 15) is 4.39 Å². The van der Waals surface area contributed by atoms with Crippen LogP contribution in [0, 0.1) is 5.82 Å². The molecule has 0 unspecified atom stereocenters. The maximum absolute atomic E-state index is 13.0. The summed E-state index contributed by atoms with van der Waals surface area (Å²) < 4.78 is 18.9. The number of benzene rings is 2. The molecule has 0 heterocycles. The van der Waals surface area contributed by atoms with Crippen molar-refractivity contribution >= 4 is 23.0 Å². The van der Waals surface area contributed by atoms with E-state index in [0.717, 1.165) is 43.1 Å². The van der Waals surface area contributed by atoms with E-state index >= 15 is 0 Å². The summed E-state index contributed by atoms with van der Waals surface area (Å²) in [6, 6.07) is 14.3. The second-order valence-electron chi connectivity index (χ2n) is 7.65. The number of nitrogens with one attached hydrogen (secondary N) is 1. The van der Waals surface area contributed by atoms with Crippen LogP contribution in [0.25, 0.3) is 0 Å². The third kappa shape index (κ3) is 9.49. The smallest absolute Gasteiger partial charge is 0.173 e. The third-order valence-electron chi connectivity index (χ3n) is 5.03. The van der Waals surface area contributed by atoms with Gasteiger partial charge in [0.05, 0.1) is 6.61 Å². The molecular weight excluding hydrogens is 409 g/mol. The largest absolute Gasteiger partial charge is 0.494 e. The predicted molar refractivity (Wildman–Crippen MR) is 132 cm³/mol. The highest BCUT2D eigenvalue weighted by Gasteiger charge is 2.07. The molecule has 0 aliphatic heterocycles. The van der Waals surface area contributed by atoms with Gasteiger partial charge in [0.15, 0.2) is 5.11 Å². The second-order valence-corrected chi connectivity index (χ2v) is 8.04. The number of hydrogen-bond acceptors (Lipinski definition) is 3. The number of thiocarbonyl (C=S) groups is 1. The number of ether oxygens (including phenoxy) is 1. The van der Waals surface area contributed by atoms with Gasteiger partial charge in [-0.3, -0.25) is 0 Å². The summed E-state index contributed by atoms with van der Waals surface area (Å²) in [4.78, 5) is 4.19. The van der Waals surface area contributed by atoms with Crippen molar-refractivity contribution in [3.8, 4) is 5.75 Å². The van der Waals surface area contributed by atoms with Gasteiger partial charge in [0.1, 0.15) is 11.6 Å². The van der Waals surface area contributed by atoms with E-state index in [4.69, 9.17) is 17.0 Å². The van der Waals surface area contributed by atoms with Crippen molar-refractivity contribution in [2.45, 2.75) is 32.2 Å². The standard InChI is InChI=1S/C25H34FN3OS/c1-4-17-28(2)18-7-5-6-8-19-30-24-15-13-23(14-16-24)29(3)25(31)27-20-21-9-11-22(26)12-10-21/h4,9-16H,1,5-8,17-20H2,2-3H3,(H,27,31). The van der Waals surface area contributed by atoms with Crippen LogP contribution in [0.2, 0.25) is 0 Å². The van der Waals surface area contributed by atoms with Crippen LogP contribution in [0.4, 0.5) is 10.1 Å². The number of hydrogen-bond donors (Lipinski definition) is 1. The highest BCUT2D eigenvalue weighted by molar-refractivity contribution is 7.80. The van der Waals surface area contributed by atoms with Crippen molar-refractivity contribution in [1.29, 1.82) is 0 Å². The Morgan fingerprint density at radius 2 is 1.71 bits per heavy atom. The Morgan fingerprint density at radius 1 is 1.03 bits per heavy atom. The Kier molecular flexibility index (Phi) is 11.0. The number of likely N-dealkylation sites (N-methyl/N-ethyl adjacent to an activating group) is 1. The first-order chi connectivity index (χ1) is 15.0. The summed E-state index contributed by atoms with van der Waals surface area (Å²) in [5.74, 6) is 0.630. The first kappa shape index (κ1) is 24.8. The van der Waals surface area contributed by atoms with Gasteiger partial charge in [0.2, 0.25) is 0 Å². The van der Waals surface area contributed by atoms with Gasteiger partial charge >= 0.3 is 0 Å². The lowest BCUT2D eigenvalue weighted by molar-refractivity contribution is 0.300. The maximum Gasteiger partial charge on any atom is 0.173 e. The Hall–Kier alpha value is -2.44. The lowest BCUT2D eigenvalue weighted by atomic mass is 10.2. The molecule has 2 rings (SSSR count). The highest BCUT2D eigenvalue weighted by Crippen LogP contribution is 2.19. The Morgan fingerprint density at radius 3 is 2.39 bits per heavy atom. The van der Waals surface area contributed by atoms with Gasteiger partial charge in [-0.05, 0) is 80.6 Å².